The third-order valence-corrected chi connectivity index (χ3v) is 5.15. The number of carbonyl (C=O) groups excluding carboxylic acids is 1. The summed E-state index contributed by atoms with van der Waals surface area (Å²) in [5.74, 6) is 0. The first-order chi connectivity index (χ1) is 11.2. The molecule has 0 spiro atoms. The van der Waals surface area contributed by atoms with Gasteiger partial charge in [-0.2, -0.15) is 0 Å². The summed E-state index contributed by atoms with van der Waals surface area (Å²) in [6.07, 6.45) is 4.46. The number of anilines is 1. The Bertz CT molecular complexity index is 770. The van der Waals surface area contributed by atoms with Gasteiger partial charge in [-0.1, -0.05) is 49.2 Å². The second-order valence-electron chi connectivity index (χ2n) is 6.23. The Hall–Kier alpha value is -2.14. The molecular formula is C18H19N3OS. The van der Waals surface area contributed by atoms with E-state index in [4.69, 9.17) is 12.2 Å². The number of urea groups is 1. The third kappa shape index (κ3) is 2.55. The summed E-state index contributed by atoms with van der Waals surface area (Å²) in [5, 5.41) is 9.07. The van der Waals surface area contributed by atoms with Gasteiger partial charge in [0.25, 0.3) is 0 Å². The Kier molecular flexibility index (Phi) is 3.65. The Balaban J connectivity index is 1.61. The zero-order valence-corrected chi connectivity index (χ0v) is 13.6. The van der Waals surface area contributed by atoms with Crippen LogP contribution in [-0.2, 0) is 0 Å². The molecule has 2 N–H and O–H groups in total. The second-order valence-corrected chi connectivity index (χ2v) is 6.62. The zero-order chi connectivity index (χ0) is 15.8. The number of amides is 2. The largest absolute Gasteiger partial charge is 0.357 e. The fraction of sp³-hybridized carbons (Fsp3) is 0.333. The molecule has 1 saturated carbocycles. The monoisotopic (exact) mass is 325 g/mol. The van der Waals surface area contributed by atoms with E-state index in [1.807, 2.05) is 42.5 Å². The molecule has 2 aromatic carbocycles. The summed E-state index contributed by atoms with van der Waals surface area (Å²) in [4.78, 5) is 14.5. The maximum absolute atomic E-state index is 12.8. The topological polar surface area (TPSA) is 44.4 Å². The molecule has 2 amide bonds. The van der Waals surface area contributed by atoms with Crippen molar-refractivity contribution in [2.75, 3.05) is 5.32 Å². The van der Waals surface area contributed by atoms with Crippen molar-refractivity contribution in [3.63, 3.8) is 0 Å². The fourth-order valence-electron chi connectivity index (χ4n) is 3.72. The quantitative estimate of drug-likeness (QED) is 0.782. The summed E-state index contributed by atoms with van der Waals surface area (Å²) >= 11 is 5.40. The number of hydrogen-bond acceptors (Lipinski definition) is 2. The first-order valence-corrected chi connectivity index (χ1v) is 8.53. The van der Waals surface area contributed by atoms with Crippen molar-refractivity contribution in [3.8, 4) is 0 Å². The van der Waals surface area contributed by atoms with Crippen LogP contribution in [-0.4, -0.2) is 28.1 Å². The predicted molar refractivity (Wildman–Crippen MR) is 96.6 cm³/mol. The van der Waals surface area contributed by atoms with Crippen molar-refractivity contribution < 1.29 is 4.79 Å². The van der Waals surface area contributed by atoms with Crippen molar-refractivity contribution in [2.24, 2.45) is 0 Å². The number of carbonyl (C=O) groups is 1. The Morgan fingerprint density at radius 1 is 1.13 bits per heavy atom. The lowest BCUT2D eigenvalue weighted by atomic mass is 9.91. The van der Waals surface area contributed by atoms with E-state index in [2.05, 4.69) is 10.6 Å². The van der Waals surface area contributed by atoms with Gasteiger partial charge < -0.3 is 10.6 Å². The fourth-order valence-corrected chi connectivity index (χ4v) is 4.09. The van der Waals surface area contributed by atoms with Crippen molar-refractivity contribution in [1.82, 2.24) is 10.2 Å². The van der Waals surface area contributed by atoms with Crippen LogP contribution in [0.25, 0.3) is 10.8 Å². The summed E-state index contributed by atoms with van der Waals surface area (Å²) < 4.78 is 0. The minimum atomic E-state index is -0.131. The highest BCUT2D eigenvalue weighted by atomic mass is 32.1. The first kappa shape index (κ1) is 14.5. The smallest absolute Gasteiger partial charge is 0.328 e. The summed E-state index contributed by atoms with van der Waals surface area (Å²) in [6.45, 7) is 0. The van der Waals surface area contributed by atoms with E-state index in [1.54, 1.807) is 4.90 Å². The van der Waals surface area contributed by atoms with Gasteiger partial charge in [0.2, 0.25) is 0 Å². The Morgan fingerprint density at radius 2 is 1.91 bits per heavy atom. The maximum atomic E-state index is 12.8. The molecule has 1 heterocycles. The molecule has 0 aromatic heterocycles. The van der Waals surface area contributed by atoms with Crippen molar-refractivity contribution >= 4 is 39.8 Å². The van der Waals surface area contributed by atoms with Crippen molar-refractivity contribution in [2.45, 2.75) is 37.8 Å². The van der Waals surface area contributed by atoms with Gasteiger partial charge in [-0.3, -0.25) is 4.90 Å². The lowest BCUT2D eigenvalue weighted by Crippen LogP contribution is -2.44. The van der Waals surface area contributed by atoms with E-state index in [0.717, 1.165) is 35.7 Å². The summed E-state index contributed by atoms with van der Waals surface area (Å²) in [7, 11) is 0. The van der Waals surface area contributed by atoms with Gasteiger partial charge in [0.1, 0.15) is 0 Å². The molecular weight excluding hydrogens is 306 g/mol. The first-order valence-electron chi connectivity index (χ1n) is 8.12. The van der Waals surface area contributed by atoms with Gasteiger partial charge in [-0.25, -0.2) is 4.79 Å². The highest BCUT2D eigenvalue weighted by molar-refractivity contribution is 7.80. The molecule has 118 valence electrons. The lowest BCUT2D eigenvalue weighted by Gasteiger charge is -2.29. The number of rotatable bonds is 1. The van der Waals surface area contributed by atoms with Gasteiger partial charge in [-0.15, -0.1) is 0 Å². The number of nitrogens with zero attached hydrogens (tertiary/aromatic N) is 1. The average Bonchev–Trinajstić information content (AvgIpc) is 2.91. The molecule has 0 bridgehead atoms. The zero-order valence-electron chi connectivity index (χ0n) is 12.8. The van der Waals surface area contributed by atoms with Crippen LogP contribution < -0.4 is 10.6 Å². The molecule has 0 unspecified atom stereocenters. The molecule has 5 heteroatoms. The molecule has 2 aromatic rings. The molecule has 2 fully saturated rings. The number of nitrogens with one attached hydrogen (secondary N) is 2. The maximum Gasteiger partial charge on any atom is 0.328 e. The lowest BCUT2D eigenvalue weighted by molar-refractivity contribution is 0.212. The highest BCUT2D eigenvalue weighted by Crippen LogP contribution is 2.29. The van der Waals surface area contributed by atoms with Crippen LogP contribution in [0.4, 0.5) is 10.5 Å². The average molecular weight is 325 g/mol. The number of benzene rings is 2. The van der Waals surface area contributed by atoms with Crippen LogP contribution in [0.15, 0.2) is 42.5 Å². The number of hydrogen-bond donors (Lipinski definition) is 2. The Morgan fingerprint density at radius 3 is 2.83 bits per heavy atom. The summed E-state index contributed by atoms with van der Waals surface area (Å²) in [5.41, 5.74) is 0.829. The van der Waals surface area contributed by atoms with Gasteiger partial charge in [0.15, 0.2) is 5.11 Å². The van der Waals surface area contributed by atoms with Gasteiger partial charge in [-0.05, 0) is 36.5 Å². The van der Waals surface area contributed by atoms with E-state index in [9.17, 15) is 4.79 Å². The third-order valence-electron chi connectivity index (χ3n) is 4.84. The normalized spacial score (nSPS) is 23.5. The van der Waals surface area contributed by atoms with Crippen LogP contribution in [0.1, 0.15) is 25.7 Å². The molecule has 2 aliphatic rings. The highest BCUT2D eigenvalue weighted by Gasteiger charge is 2.41. The molecule has 0 radical (unpaired) electrons. The second kappa shape index (κ2) is 5.81. The number of thiocarbonyl (C=S) groups is 1. The van der Waals surface area contributed by atoms with Crippen LogP contribution in [0.2, 0.25) is 0 Å². The molecule has 23 heavy (non-hydrogen) atoms. The van der Waals surface area contributed by atoms with Gasteiger partial charge in [0, 0.05) is 11.4 Å². The van der Waals surface area contributed by atoms with E-state index >= 15 is 0 Å². The Labute approximate surface area is 140 Å². The van der Waals surface area contributed by atoms with E-state index in [1.165, 1.54) is 6.42 Å². The van der Waals surface area contributed by atoms with Crippen molar-refractivity contribution in [3.05, 3.63) is 42.5 Å². The van der Waals surface area contributed by atoms with Crippen LogP contribution in [0, 0.1) is 0 Å². The molecule has 1 aliphatic carbocycles. The van der Waals surface area contributed by atoms with Crippen LogP contribution >= 0.6 is 12.2 Å². The minimum Gasteiger partial charge on any atom is -0.357 e. The predicted octanol–water partition coefficient (Wildman–Crippen LogP) is 3.87. The summed E-state index contributed by atoms with van der Waals surface area (Å²) in [6, 6.07) is 14.4. The van der Waals surface area contributed by atoms with Gasteiger partial charge in [0.05, 0.1) is 11.7 Å². The standard InChI is InChI=1S/C18H19N3OS/c22-17(21-16-11-4-3-9-15(16)20-18(21)23)19-14-10-5-7-12-6-1-2-8-13(12)14/h1-2,5-8,10,15-16H,3-4,9,11H2,(H,19,22)(H,20,23)/t15-,16-/m1/s1. The molecule has 4 nitrogen and oxygen atoms in total. The van der Waals surface area contributed by atoms with Crippen molar-refractivity contribution in [1.29, 1.82) is 0 Å². The SMILES string of the molecule is O=C(Nc1cccc2ccccc12)N1C(=S)N[C@@H]2CCCC[C@H]21. The molecule has 2 atom stereocenters. The van der Waals surface area contributed by atoms with E-state index < -0.39 is 0 Å². The number of fused-ring (bicyclic) bond motifs is 2. The molecule has 4 rings (SSSR count). The van der Waals surface area contributed by atoms with E-state index in [-0.39, 0.29) is 12.1 Å². The molecule has 1 saturated heterocycles. The minimum absolute atomic E-state index is 0.131. The van der Waals surface area contributed by atoms with Crippen LogP contribution in [0.5, 0.6) is 0 Å². The van der Waals surface area contributed by atoms with Crippen LogP contribution in [0.3, 0.4) is 0 Å². The van der Waals surface area contributed by atoms with E-state index in [0.29, 0.717) is 11.2 Å². The van der Waals surface area contributed by atoms with Gasteiger partial charge >= 0.3 is 6.03 Å². The molecule has 1 aliphatic heterocycles.